The number of carbonyl (C=O) groups excluding carboxylic acids is 2. The SMILES string of the molecule is CCc1ccccc1N(CC(=O)N(Cc1ccccc1F)[C@@H](C)C(=O)NC1CCCC1)S(=O)(=O)c1ccc(C)cc1. The molecule has 0 aromatic heterocycles. The molecule has 1 fully saturated rings. The Balaban J connectivity index is 1.72. The first-order valence-electron chi connectivity index (χ1n) is 14.1. The Morgan fingerprint density at radius 1 is 0.951 bits per heavy atom. The van der Waals surface area contributed by atoms with E-state index in [1.807, 2.05) is 26.0 Å². The van der Waals surface area contributed by atoms with E-state index in [0.717, 1.165) is 41.1 Å². The highest BCUT2D eigenvalue weighted by atomic mass is 32.2. The monoisotopic (exact) mass is 579 g/mol. The molecule has 1 saturated carbocycles. The fraction of sp³-hybridized carbons (Fsp3) is 0.375. The molecule has 218 valence electrons. The van der Waals surface area contributed by atoms with Gasteiger partial charge in [-0.2, -0.15) is 0 Å². The molecule has 0 radical (unpaired) electrons. The van der Waals surface area contributed by atoms with Gasteiger partial charge >= 0.3 is 0 Å². The minimum Gasteiger partial charge on any atom is -0.352 e. The minimum absolute atomic E-state index is 0.0326. The molecule has 7 nitrogen and oxygen atoms in total. The van der Waals surface area contributed by atoms with Crippen LogP contribution in [0.25, 0.3) is 0 Å². The maximum Gasteiger partial charge on any atom is 0.264 e. The molecule has 41 heavy (non-hydrogen) atoms. The number of benzene rings is 3. The molecule has 1 aliphatic carbocycles. The number of hydrogen-bond donors (Lipinski definition) is 1. The van der Waals surface area contributed by atoms with Crippen molar-refractivity contribution in [2.45, 2.75) is 76.4 Å². The van der Waals surface area contributed by atoms with Crippen molar-refractivity contribution in [1.82, 2.24) is 10.2 Å². The van der Waals surface area contributed by atoms with Crippen LogP contribution in [0.4, 0.5) is 10.1 Å². The second-order valence-electron chi connectivity index (χ2n) is 10.6. The molecule has 0 saturated heterocycles. The molecule has 1 aliphatic rings. The zero-order chi connectivity index (χ0) is 29.6. The summed E-state index contributed by atoms with van der Waals surface area (Å²) in [5.41, 5.74) is 2.28. The molecule has 4 rings (SSSR count). The zero-order valence-corrected chi connectivity index (χ0v) is 24.7. The Morgan fingerprint density at radius 2 is 1.56 bits per heavy atom. The lowest BCUT2D eigenvalue weighted by molar-refractivity contribution is -0.139. The molecule has 9 heteroatoms. The summed E-state index contributed by atoms with van der Waals surface area (Å²) in [6, 6.07) is 18.7. The van der Waals surface area contributed by atoms with Crippen molar-refractivity contribution in [3.8, 4) is 0 Å². The van der Waals surface area contributed by atoms with Gasteiger partial charge in [-0.15, -0.1) is 0 Å². The maximum absolute atomic E-state index is 14.7. The van der Waals surface area contributed by atoms with E-state index in [1.54, 1.807) is 49.4 Å². The third kappa shape index (κ3) is 7.14. The van der Waals surface area contributed by atoms with E-state index in [-0.39, 0.29) is 29.0 Å². The van der Waals surface area contributed by atoms with Crippen LogP contribution in [-0.2, 0) is 32.6 Å². The van der Waals surface area contributed by atoms with Crippen molar-refractivity contribution in [3.05, 3.63) is 95.3 Å². The van der Waals surface area contributed by atoms with Crippen molar-refractivity contribution in [2.75, 3.05) is 10.8 Å². The second-order valence-corrected chi connectivity index (χ2v) is 12.4. The second kappa shape index (κ2) is 13.3. The summed E-state index contributed by atoms with van der Waals surface area (Å²) in [5, 5.41) is 3.02. The third-order valence-corrected chi connectivity index (χ3v) is 9.47. The van der Waals surface area contributed by atoms with E-state index in [1.165, 1.54) is 23.1 Å². The van der Waals surface area contributed by atoms with Gasteiger partial charge in [-0.3, -0.25) is 13.9 Å². The van der Waals surface area contributed by atoms with Gasteiger partial charge in [-0.25, -0.2) is 12.8 Å². The van der Waals surface area contributed by atoms with Crippen molar-refractivity contribution < 1.29 is 22.4 Å². The Kier molecular flexibility index (Phi) is 9.81. The first-order valence-corrected chi connectivity index (χ1v) is 15.6. The highest BCUT2D eigenvalue weighted by molar-refractivity contribution is 7.92. The molecule has 0 aliphatic heterocycles. The van der Waals surface area contributed by atoms with Crippen LogP contribution in [0.5, 0.6) is 0 Å². The number of amides is 2. The van der Waals surface area contributed by atoms with Crippen LogP contribution >= 0.6 is 0 Å². The predicted octanol–water partition coefficient (Wildman–Crippen LogP) is 5.37. The van der Waals surface area contributed by atoms with Crippen molar-refractivity contribution in [2.24, 2.45) is 0 Å². The highest BCUT2D eigenvalue weighted by Crippen LogP contribution is 2.28. The largest absolute Gasteiger partial charge is 0.352 e. The lowest BCUT2D eigenvalue weighted by atomic mass is 10.1. The quantitative estimate of drug-likeness (QED) is 0.331. The lowest BCUT2D eigenvalue weighted by Gasteiger charge is -2.33. The van der Waals surface area contributed by atoms with Gasteiger partial charge in [0.05, 0.1) is 10.6 Å². The van der Waals surface area contributed by atoms with Gasteiger partial charge in [-0.05, 0) is 62.9 Å². The highest BCUT2D eigenvalue weighted by Gasteiger charge is 2.34. The van der Waals surface area contributed by atoms with Crippen molar-refractivity contribution in [3.63, 3.8) is 0 Å². The van der Waals surface area contributed by atoms with Crippen LogP contribution in [0.2, 0.25) is 0 Å². The summed E-state index contributed by atoms with van der Waals surface area (Å²) >= 11 is 0. The Hall–Kier alpha value is -3.72. The number of sulfonamides is 1. The fourth-order valence-electron chi connectivity index (χ4n) is 5.19. The van der Waals surface area contributed by atoms with Crippen LogP contribution in [0.1, 0.15) is 56.2 Å². The Labute approximate surface area is 242 Å². The predicted molar refractivity (Wildman–Crippen MR) is 158 cm³/mol. The standard InChI is InChI=1S/C32H38FN3O4S/c1-4-25-11-6-10-16-30(25)36(41(39,40)28-19-17-23(2)18-20-28)22-31(37)35(21-26-12-5-9-15-29(26)33)24(3)32(38)34-27-13-7-8-14-27/h5-6,9-12,15-20,24,27H,4,7-8,13-14,21-22H2,1-3H3,(H,34,38)/t24-/m0/s1. The van der Waals surface area contributed by atoms with Gasteiger partial charge in [-0.1, -0.05) is 73.9 Å². The molecule has 0 heterocycles. The Morgan fingerprint density at radius 3 is 2.20 bits per heavy atom. The van der Waals surface area contributed by atoms with E-state index >= 15 is 0 Å². The van der Waals surface area contributed by atoms with Gasteiger partial charge in [0.1, 0.15) is 18.4 Å². The van der Waals surface area contributed by atoms with Gasteiger partial charge in [0.15, 0.2) is 0 Å². The third-order valence-electron chi connectivity index (χ3n) is 7.70. The van der Waals surface area contributed by atoms with Crippen molar-refractivity contribution in [1.29, 1.82) is 0 Å². The van der Waals surface area contributed by atoms with Gasteiger partial charge in [0.2, 0.25) is 11.8 Å². The summed E-state index contributed by atoms with van der Waals surface area (Å²) in [6.07, 6.45) is 4.34. The van der Waals surface area contributed by atoms with Crippen LogP contribution in [0, 0.1) is 12.7 Å². The van der Waals surface area contributed by atoms with Crippen LogP contribution < -0.4 is 9.62 Å². The number of halogens is 1. The molecule has 1 N–H and O–H groups in total. The number of hydrogen-bond acceptors (Lipinski definition) is 4. The maximum atomic E-state index is 14.7. The number of carbonyl (C=O) groups is 2. The molecule has 0 unspecified atom stereocenters. The normalized spacial score (nSPS) is 14.4. The molecular weight excluding hydrogens is 541 g/mol. The van der Waals surface area contributed by atoms with Crippen LogP contribution in [0.3, 0.4) is 0 Å². The minimum atomic E-state index is -4.17. The van der Waals surface area contributed by atoms with E-state index in [9.17, 15) is 22.4 Å². The first-order chi connectivity index (χ1) is 19.6. The number of nitrogens with zero attached hydrogens (tertiary/aromatic N) is 2. The molecule has 0 bridgehead atoms. The molecular formula is C32H38FN3O4S. The summed E-state index contributed by atoms with van der Waals surface area (Å²) in [4.78, 5) is 28.7. The number of para-hydroxylation sites is 1. The molecule has 0 spiro atoms. The number of rotatable bonds is 11. The van der Waals surface area contributed by atoms with Crippen LogP contribution in [-0.4, -0.2) is 43.8 Å². The summed E-state index contributed by atoms with van der Waals surface area (Å²) in [7, 11) is -4.17. The number of nitrogens with one attached hydrogen (secondary N) is 1. The molecule has 3 aromatic carbocycles. The summed E-state index contributed by atoms with van der Waals surface area (Å²) < 4.78 is 43.9. The molecule has 3 aromatic rings. The average molecular weight is 580 g/mol. The molecule has 1 atom stereocenters. The topological polar surface area (TPSA) is 86.8 Å². The summed E-state index contributed by atoms with van der Waals surface area (Å²) in [6.45, 7) is 4.64. The number of anilines is 1. The van der Waals surface area contributed by atoms with Gasteiger partial charge < -0.3 is 10.2 Å². The lowest BCUT2D eigenvalue weighted by Crippen LogP contribution is -2.52. The van der Waals surface area contributed by atoms with Crippen molar-refractivity contribution >= 4 is 27.5 Å². The van der Waals surface area contributed by atoms with E-state index in [4.69, 9.17) is 0 Å². The van der Waals surface area contributed by atoms with Crippen LogP contribution in [0.15, 0.2) is 77.7 Å². The average Bonchev–Trinajstić information content (AvgIpc) is 3.48. The van der Waals surface area contributed by atoms with E-state index < -0.39 is 34.3 Å². The smallest absolute Gasteiger partial charge is 0.264 e. The van der Waals surface area contributed by atoms with Gasteiger partial charge in [0, 0.05) is 18.2 Å². The van der Waals surface area contributed by atoms with Gasteiger partial charge in [0.25, 0.3) is 10.0 Å². The zero-order valence-electron chi connectivity index (χ0n) is 23.8. The Bertz CT molecular complexity index is 1470. The molecule has 2 amide bonds. The first kappa shape index (κ1) is 30.2. The number of aryl methyl sites for hydroxylation is 2. The van der Waals surface area contributed by atoms with E-state index in [2.05, 4.69) is 5.32 Å². The summed E-state index contributed by atoms with van der Waals surface area (Å²) in [5.74, 6) is -1.46. The fourth-order valence-corrected chi connectivity index (χ4v) is 6.64. The van der Waals surface area contributed by atoms with E-state index in [0.29, 0.717) is 12.1 Å².